The van der Waals surface area contributed by atoms with Crippen LogP contribution in [0.2, 0.25) is 0 Å². The fourth-order valence-electron chi connectivity index (χ4n) is 1.72. The lowest BCUT2D eigenvalue weighted by Gasteiger charge is -2.10. The monoisotopic (exact) mass is 259 g/mol. The molecule has 102 valence electrons. The van der Waals surface area contributed by atoms with Crippen LogP contribution < -0.4 is 10.6 Å². The number of hydrogen-bond donors (Lipinski definition) is 2. The van der Waals surface area contributed by atoms with Crippen LogP contribution >= 0.6 is 0 Å². The second kappa shape index (κ2) is 9.12. The highest BCUT2D eigenvalue weighted by molar-refractivity contribution is 5.75. The molecule has 0 bridgehead atoms. The van der Waals surface area contributed by atoms with Gasteiger partial charge in [-0.1, -0.05) is 37.3 Å². The summed E-state index contributed by atoms with van der Waals surface area (Å²) in [6, 6.07) is 12.0. The van der Waals surface area contributed by atoms with Crippen LogP contribution in [-0.2, 0) is 4.79 Å². The van der Waals surface area contributed by atoms with Gasteiger partial charge in [-0.15, -0.1) is 0 Å². The van der Waals surface area contributed by atoms with Crippen molar-refractivity contribution in [1.29, 1.82) is 5.26 Å². The smallest absolute Gasteiger partial charge is 0.221 e. The van der Waals surface area contributed by atoms with Crippen molar-refractivity contribution in [3.05, 3.63) is 35.9 Å². The number of nitriles is 1. The summed E-state index contributed by atoms with van der Waals surface area (Å²) in [7, 11) is 0. The van der Waals surface area contributed by atoms with Gasteiger partial charge in [0.1, 0.15) is 0 Å². The third-order valence-corrected chi connectivity index (χ3v) is 2.81. The van der Waals surface area contributed by atoms with Crippen LogP contribution in [0, 0.1) is 11.3 Å². The molecule has 0 radical (unpaired) electrons. The molecule has 4 nitrogen and oxygen atoms in total. The first-order valence-electron chi connectivity index (χ1n) is 6.70. The Hall–Kier alpha value is -1.86. The van der Waals surface area contributed by atoms with Crippen molar-refractivity contribution < 1.29 is 4.79 Å². The maximum Gasteiger partial charge on any atom is 0.221 e. The quantitative estimate of drug-likeness (QED) is 0.700. The van der Waals surface area contributed by atoms with Crippen LogP contribution in [0.25, 0.3) is 0 Å². The average molecular weight is 259 g/mol. The molecule has 0 aliphatic carbocycles. The summed E-state index contributed by atoms with van der Waals surface area (Å²) in [5.74, 6) is -0.109. The highest BCUT2D eigenvalue weighted by atomic mass is 16.1. The van der Waals surface area contributed by atoms with E-state index >= 15 is 0 Å². The predicted molar refractivity (Wildman–Crippen MR) is 75.6 cm³/mol. The van der Waals surface area contributed by atoms with Gasteiger partial charge >= 0.3 is 0 Å². The Bertz CT molecular complexity index is 411. The van der Waals surface area contributed by atoms with Gasteiger partial charge in [0.05, 0.1) is 12.0 Å². The van der Waals surface area contributed by atoms with Gasteiger partial charge in [-0.3, -0.25) is 4.79 Å². The van der Waals surface area contributed by atoms with Gasteiger partial charge < -0.3 is 10.6 Å². The molecule has 1 unspecified atom stereocenters. The lowest BCUT2D eigenvalue weighted by atomic mass is 10.0. The zero-order valence-corrected chi connectivity index (χ0v) is 11.4. The molecule has 0 aliphatic heterocycles. The highest BCUT2D eigenvalue weighted by Gasteiger charge is 2.09. The number of carbonyl (C=O) groups excluding carboxylic acids is 1. The van der Waals surface area contributed by atoms with Gasteiger partial charge in [0.2, 0.25) is 5.91 Å². The minimum atomic E-state index is -0.167. The number of benzene rings is 1. The van der Waals surface area contributed by atoms with Crippen LogP contribution in [0.5, 0.6) is 0 Å². The van der Waals surface area contributed by atoms with E-state index in [1.54, 1.807) is 0 Å². The van der Waals surface area contributed by atoms with Gasteiger partial charge in [0, 0.05) is 26.1 Å². The molecule has 0 fully saturated rings. The standard InChI is InChI=1S/C15H21N3O/c1-2-9-18-15(19)8-10-17-12-14(11-16)13-6-4-3-5-7-13/h3-7,14,17H,2,8-10,12H2,1H3,(H,18,19). The molecule has 2 N–H and O–H groups in total. The zero-order valence-electron chi connectivity index (χ0n) is 11.4. The number of hydrogen-bond acceptors (Lipinski definition) is 3. The number of nitrogens with one attached hydrogen (secondary N) is 2. The second-order valence-corrected chi connectivity index (χ2v) is 4.40. The molecule has 0 saturated carbocycles. The van der Waals surface area contributed by atoms with Crippen molar-refractivity contribution in [2.45, 2.75) is 25.7 Å². The van der Waals surface area contributed by atoms with Gasteiger partial charge in [-0.25, -0.2) is 0 Å². The molecule has 0 saturated heterocycles. The molecule has 0 aromatic heterocycles. The average Bonchev–Trinajstić information content (AvgIpc) is 2.46. The summed E-state index contributed by atoms with van der Waals surface area (Å²) in [5.41, 5.74) is 1.01. The molecule has 1 aromatic rings. The summed E-state index contributed by atoms with van der Waals surface area (Å²) in [4.78, 5) is 11.4. The van der Waals surface area contributed by atoms with Gasteiger partial charge in [-0.05, 0) is 12.0 Å². The fraction of sp³-hybridized carbons (Fsp3) is 0.467. The Balaban J connectivity index is 2.24. The number of rotatable bonds is 8. The summed E-state index contributed by atoms with van der Waals surface area (Å²) >= 11 is 0. The fourth-order valence-corrected chi connectivity index (χ4v) is 1.72. The van der Waals surface area contributed by atoms with Gasteiger partial charge in [-0.2, -0.15) is 5.26 Å². The summed E-state index contributed by atoms with van der Waals surface area (Å²) in [6.45, 7) is 3.92. The lowest BCUT2D eigenvalue weighted by molar-refractivity contribution is -0.120. The third-order valence-electron chi connectivity index (χ3n) is 2.81. The van der Waals surface area contributed by atoms with E-state index in [2.05, 4.69) is 16.7 Å². The Morgan fingerprint density at radius 2 is 2.05 bits per heavy atom. The van der Waals surface area contributed by atoms with Crippen molar-refractivity contribution in [2.24, 2.45) is 0 Å². The van der Waals surface area contributed by atoms with Crippen LogP contribution in [0.4, 0.5) is 0 Å². The van der Waals surface area contributed by atoms with Crippen molar-refractivity contribution in [3.8, 4) is 6.07 Å². The topological polar surface area (TPSA) is 64.9 Å². The van der Waals surface area contributed by atoms with Crippen molar-refractivity contribution >= 4 is 5.91 Å². The first kappa shape index (κ1) is 15.2. The zero-order chi connectivity index (χ0) is 13.9. The number of nitrogens with zero attached hydrogens (tertiary/aromatic N) is 1. The van der Waals surface area contributed by atoms with Gasteiger partial charge in [0.15, 0.2) is 0 Å². The maximum atomic E-state index is 11.4. The van der Waals surface area contributed by atoms with E-state index in [-0.39, 0.29) is 11.8 Å². The van der Waals surface area contributed by atoms with Crippen LogP contribution in [0.1, 0.15) is 31.2 Å². The lowest BCUT2D eigenvalue weighted by Crippen LogP contribution is -2.29. The molecular weight excluding hydrogens is 238 g/mol. The summed E-state index contributed by atoms with van der Waals surface area (Å²) in [5, 5.41) is 15.1. The molecule has 1 aromatic carbocycles. The third kappa shape index (κ3) is 6.03. The van der Waals surface area contributed by atoms with E-state index in [9.17, 15) is 4.79 Å². The Morgan fingerprint density at radius 3 is 2.68 bits per heavy atom. The largest absolute Gasteiger partial charge is 0.356 e. The molecule has 0 heterocycles. The number of carbonyl (C=O) groups is 1. The van der Waals surface area contributed by atoms with Crippen LogP contribution in [-0.4, -0.2) is 25.5 Å². The van der Waals surface area contributed by atoms with E-state index in [1.165, 1.54) is 0 Å². The number of amides is 1. The van der Waals surface area contributed by atoms with Crippen molar-refractivity contribution in [2.75, 3.05) is 19.6 Å². The molecule has 1 rings (SSSR count). The maximum absolute atomic E-state index is 11.4. The predicted octanol–water partition coefficient (Wildman–Crippen LogP) is 1.80. The Kier molecular flexibility index (Phi) is 7.30. The first-order chi connectivity index (χ1) is 9.27. The SMILES string of the molecule is CCCNC(=O)CCNCC(C#N)c1ccccc1. The molecule has 1 amide bonds. The van der Waals surface area contributed by atoms with Crippen molar-refractivity contribution in [1.82, 2.24) is 10.6 Å². The van der Waals surface area contributed by atoms with Crippen LogP contribution in [0.15, 0.2) is 30.3 Å². The molecule has 0 spiro atoms. The molecular formula is C15H21N3O. The summed E-state index contributed by atoms with van der Waals surface area (Å²) < 4.78 is 0. The van der Waals surface area contributed by atoms with E-state index < -0.39 is 0 Å². The van der Waals surface area contributed by atoms with Crippen LogP contribution in [0.3, 0.4) is 0 Å². The van der Waals surface area contributed by atoms with Crippen molar-refractivity contribution in [3.63, 3.8) is 0 Å². The molecule has 4 heteroatoms. The minimum absolute atomic E-state index is 0.0579. The normalized spacial score (nSPS) is 11.6. The molecule has 0 aliphatic rings. The Morgan fingerprint density at radius 1 is 1.32 bits per heavy atom. The highest BCUT2D eigenvalue weighted by Crippen LogP contribution is 2.12. The van der Waals surface area contributed by atoms with E-state index in [0.29, 0.717) is 19.5 Å². The summed E-state index contributed by atoms with van der Waals surface area (Å²) in [6.07, 6.45) is 1.40. The van der Waals surface area contributed by atoms with E-state index in [1.807, 2.05) is 37.3 Å². The molecule has 1 atom stereocenters. The minimum Gasteiger partial charge on any atom is -0.356 e. The van der Waals surface area contributed by atoms with Gasteiger partial charge in [0.25, 0.3) is 0 Å². The van der Waals surface area contributed by atoms with E-state index in [0.717, 1.165) is 18.5 Å². The molecule has 19 heavy (non-hydrogen) atoms. The van der Waals surface area contributed by atoms with E-state index in [4.69, 9.17) is 5.26 Å². The second-order valence-electron chi connectivity index (χ2n) is 4.40. The first-order valence-corrected chi connectivity index (χ1v) is 6.70. The Labute approximate surface area is 114 Å².